The summed E-state index contributed by atoms with van der Waals surface area (Å²) in [5, 5.41) is 8.27. The van der Waals surface area contributed by atoms with E-state index in [4.69, 9.17) is 5.21 Å². The Morgan fingerprint density at radius 2 is 2.29 bits per heavy atom. The second-order valence-corrected chi connectivity index (χ2v) is 3.93. The van der Waals surface area contributed by atoms with Crippen LogP contribution in [-0.2, 0) is 11.2 Å². The Morgan fingerprint density at radius 1 is 1.50 bits per heavy atom. The number of hydrogen-bond donors (Lipinski definition) is 2. The van der Waals surface area contributed by atoms with Gasteiger partial charge in [0.25, 0.3) is 0 Å². The SMILES string of the molecule is O=C(CCCc1cccc(Br)c1)NO. The molecule has 0 saturated heterocycles. The zero-order valence-corrected chi connectivity index (χ0v) is 9.25. The Balaban J connectivity index is 2.35. The first-order chi connectivity index (χ1) is 6.72. The number of benzene rings is 1. The fourth-order valence-corrected chi connectivity index (χ4v) is 1.65. The maximum atomic E-state index is 10.7. The Morgan fingerprint density at radius 3 is 2.93 bits per heavy atom. The molecule has 1 rings (SSSR count). The van der Waals surface area contributed by atoms with E-state index in [1.807, 2.05) is 24.3 Å². The molecule has 4 heteroatoms. The predicted molar refractivity (Wildman–Crippen MR) is 57.0 cm³/mol. The fraction of sp³-hybridized carbons (Fsp3) is 0.300. The van der Waals surface area contributed by atoms with E-state index < -0.39 is 0 Å². The molecule has 14 heavy (non-hydrogen) atoms. The topological polar surface area (TPSA) is 49.3 Å². The first-order valence-corrected chi connectivity index (χ1v) is 5.19. The number of carbonyl (C=O) groups is 1. The normalized spacial score (nSPS) is 9.86. The molecule has 0 heterocycles. The van der Waals surface area contributed by atoms with Crippen LogP contribution >= 0.6 is 15.9 Å². The van der Waals surface area contributed by atoms with Gasteiger partial charge in [0.15, 0.2) is 0 Å². The third-order valence-corrected chi connectivity index (χ3v) is 2.38. The van der Waals surface area contributed by atoms with Gasteiger partial charge in [-0.3, -0.25) is 10.0 Å². The lowest BCUT2D eigenvalue weighted by Crippen LogP contribution is -2.18. The average Bonchev–Trinajstić information content (AvgIpc) is 2.17. The van der Waals surface area contributed by atoms with Gasteiger partial charge in [0.1, 0.15) is 0 Å². The highest BCUT2D eigenvalue weighted by Crippen LogP contribution is 2.13. The van der Waals surface area contributed by atoms with Crippen LogP contribution < -0.4 is 5.48 Å². The molecule has 0 unspecified atom stereocenters. The molecule has 1 aromatic rings. The molecular formula is C10H12BrNO2. The summed E-state index contributed by atoms with van der Waals surface area (Å²) in [7, 11) is 0. The molecular weight excluding hydrogens is 246 g/mol. The molecule has 0 aliphatic heterocycles. The van der Waals surface area contributed by atoms with Gasteiger partial charge in [-0.25, -0.2) is 5.48 Å². The zero-order chi connectivity index (χ0) is 10.4. The van der Waals surface area contributed by atoms with Crippen LogP contribution in [0.25, 0.3) is 0 Å². The summed E-state index contributed by atoms with van der Waals surface area (Å²) in [5.74, 6) is -0.333. The molecule has 2 N–H and O–H groups in total. The van der Waals surface area contributed by atoms with Gasteiger partial charge in [-0.1, -0.05) is 28.1 Å². The van der Waals surface area contributed by atoms with Crippen LogP contribution in [0.1, 0.15) is 18.4 Å². The van der Waals surface area contributed by atoms with Gasteiger partial charge >= 0.3 is 0 Å². The van der Waals surface area contributed by atoms with Crippen molar-refractivity contribution >= 4 is 21.8 Å². The van der Waals surface area contributed by atoms with Crippen molar-refractivity contribution in [2.24, 2.45) is 0 Å². The number of rotatable bonds is 4. The van der Waals surface area contributed by atoms with Crippen LogP contribution in [0.15, 0.2) is 28.7 Å². The van der Waals surface area contributed by atoms with Crippen LogP contribution in [0.5, 0.6) is 0 Å². The van der Waals surface area contributed by atoms with E-state index >= 15 is 0 Å². The third-order valence-electron chi connectivity index (χ3n) is 1.88. The molecule has 0 aliphatic rings. The van der Waals surface area contributed by atoms with Crippen molar-refractivity contribution in [3.63, 3.8) is 0 Å². The van der Waals surface area contributed by atoms with Crippen molar-refractivity contribution in [2.45, 2.75) is 19.3 Å². The number of aryl methyl sites for hydroxylation is 1. The van der Waals surface area contributed by atoms with Crippen molar-refractivity contribution in [2.75, 3.05) is 0 Å². The maximum absolute atomic E-state index is 10.7. The summed E-state index contributed by atoms with van der Waals surface area (Å²) in [6.07, 6.45) is 1.93. The van der Waals surface area contributed by atoms with Crippen molar-refractivity contribution in [1.82, 2.24) is 5.48 Å². The van der Waals surface area contributed by atoms with Gasteiger partial charge in [0.2, 0.25) is 5.91 Å². The number of hydroxylamine groups is 1. The summed E-state index contributed by atoms with van der Waals surface area (Å²) in [4.78, 5) is 10.7. The van der Waals surface area contributed by atoms with E-state index in [1.54, 1.807) is 5.48 Å². The van der Waals surface area contributed by atoms with Gasteiger partial charge < -0.3 is 0 Å². The van der Waals surface area contributed by atoms with Crippen molar-refractivity contribution in [3.8, 4) is 0 Å². The standard InChI is InChI=1S/C10H12BrNO2/c11-9-5-1-3-8(7-9)4-2-6-10(13)12-14/h1,3,5,7,14H,2,4,6H2,(H,12,13). The minimum absolute atomic E-state index is 0.333. The lowest BCUT2D eigenvalue weighted by Gasteiger charge is -2.01. The summed E-state index contributed by atoms with van der Waals surface area (Å²) >= 11 is 3.38. The highest BCUT2D eigenvalue weighted by molar-refractivity contribution is 9.10. The molecule has 0 fully saturated rings. The first kappa shape index (κ1) is 11.2. The molecule has 0 aromatic heterocycles. The third kappa shape index (κ3) is 3.89. The minimum Gasteiger partial charge on any atom is -0.289 e. The van der Waals surface area contributed by atoms with Crippen molar-refractivity contribution < 1.29 is 10.0 Å². The van der Waals surface area contributed by atoms with Crippen LogP contribution in [0.2, 0.25) is 0 Å². The van der Waals surface area contributed by atoms with Crippen molar-refractivity contribution in [3.05, 3.63) is 34.3 Å². The summed E-state index contributed by atoms with van der Waals surface area (Å²) < 4.78 is 1.04. The number of nitrogens with one attached hydrogen (secondary N) is 1. The molecule has 0 bridgehead atoms. The Labute approximate surface area is 91.2 Å². The lowest BCUT2D eigenvalue weighted by atomic mass is 10.1. The molecule has 0 radical (unpaired) electrons. The number of amides is 1. The molecule has 0 atom stereocenters. The maximum Gasteiger partial charge on any atom is 0.243 e. The average molecular weight is 258 g/mol. The number of carbonyl (C=O) groups excluding carboxylic acids is 1. The monoisotopic (exact) mass is 257 g/mol. The predicted octanol–water partition coefficient (Wildman–Crippen LogP) is 2.28. The van der Waals surface area contributed by atoms with Crippen LogP contribution in [0.3, 0.4) is 0 Å². The molecule has 76 valence electrons. The van der Waals surface area contributed by atoms with E-state index in [9.17, 15) is 4.79 Å². The highest BCUT2D eigenvalue weighted by Gasteiger charge is 1.99. The van der Waals surface area contributed by atoms with Gasteiger partial charge in [0, 0.05) is 10.9 Å². The van der Waals surface area contributed by atoms with Crippen LogP contribution in [0, 0.1) is 0 Å². The number of halogens is 1. The second kappa shape index (κ2) is 5.78. The zero-order valence-electron chi connectivity index (χ0n) is 7.66. The Hall–Kier alpha value is -0.870. The lowest BCUT2D eigenvalue weighted by molar-refractivity contribution is -0.129. The van der Waals surface area contributed by atoms with Gasteiger partial charge in [0.05, 0.1) is 0 Å². The molecule has 0 saturated carbocycles. The van der Waals surface area contributed by atoms with Gasteiger partial charge in [-0.2, -0.15) is 0 Å². The highest BCUT2D eigenvalue weighted by atomic mass is 79.9. The summed E-state index contributed by atoms with van der Waals surface area (Å²) in [6, 6.07) is 7.97. The van der Waals surface area contributed by atoms with E-state index in [2.05, 4.69) is 15.9 Å². The largest absolute Gasteiger partial charge is 0.289 e. The molecule has 0 aliphatic carbocycles. The second-order valence-electron chi connectivity index (χ2n) is 3.02. The Bertz CT molecular complexity index is 315. The summed E-state index contributed by atoms with van der Waals surface area (Å²) in [6.45, 7) is 0. The fourth-order valence-electron chi connectivity index (χ4n) is 1.20. The van der Waals surface area contributed by atoms with Gasteiger partial charge in [-0.15, -0.1) is 0 Å². The molecule has 1 aromatic carbocycles. The number of hydrogen-bond acceptors (Lipinski definition) is 2. The van der Waals surface area contributed by atoms with E-state index in [0.29, 0.717) is 6.42 Å². The molecule has 1 amide bonds. The summed E-state index contributed by atoms with van der Waals surface area (Å²) in [5.41, 5.74) is 2.80. The molecule has 0 spiro atoms. The smallest absolute Gasteiger partial charge is 0.243 e. The van der Waals surface area contributed by atoms with E-state index in [0.717, 1.165) is 17.3 Å². The first-order valence-electron chi connectivity index (χ1n) is 4.40. The van der Waals surface area contributed by atoms with E-state index in [-0.39, 0.29) is 5.91 Å². The quantitative estimate of drug-likeness (QED) is 0.643. The van der Waals surface area contributed by atoms with Crippen LogP contribution in [0.4, 0.5) is 0 Å². The Kier molecular flexibility index (Phi) is 4.62. The van der Waals surface area contributed by atoms with Crippen molar-refractivity contribution in [1.29, 1.82) is 0 Å². The van der Waals surface area contributed by atoms with E-state index in [1.165, 1.54) is 5.56 Å². The van der Waals surface area contributed by atoms with Crippen LogP contribution in [-0.4, -0.2) is 11.1 Å². The van der Waals surface area contributed by atoms with Gasteiger partial charge in [-0.05, 0) is 30.5 Å². The molecule has 3 nitrogen and oxygen atoms in total. The minimum atomic E-state index is -0.333.